The van der Waals surface area contributed by atoms with Crippen LogP contribution in [-0.4, -0.2) is 35.1 Å². The Labute approximate surface area is 125 Å². The smallest absolute Gasteiger partial charge is 0.141 e. The van der Waals surface area contributed by atoms with Crippen molar-refractivity contribution >= 4 is 17.6 Å². The maximum Gasteiger partial charge on any atom is 0.141 e. The van der Waals surface area contributed by atoms with Crippen LogP contribution in [0.5, 0.6) is 0 Å². The van der Waals surface area contributed by atoms with Gasteiger partial charge in [-0.2, -0.15) is 11.8 Å². The minimum absolute atomic E-state index is 0.0121. The highest BCUT2D eigenvalue weighted by molar-refractivity contribution is 7.99. The monoisotopic (exact) mass is 297 g/mol. The number of nitrogens with one attached hydrogen (secondary N) is 1. The summed E-state index contributed by atoms with van der Waals surface area (Å²) in [5.41, 5.74) is 0.963. The maximum absolute atomic E-state index is 13.5. The first-order valence-corrected chi connectivity index (χ1v) is 8.33. The molecule has 0 aliphatic carbocycles. The number of hydrogen-bond acceptors (Lipinski definition) is 4. The zero-order valence-corrected chi connectivity index (χ0v) is 13.4. The second-order valence-corrected chi connectivity index (χ2v) is 7.42. The molecule has 0 radical (unpaired) electrons. The molecule has 1 fully saturated rings. The molecule has 5 heteroatoms. The van der Waals surface area contributed by atoms with E-state index in [9.17, 15) is 4.39 Å². The van der Waals surface area contributed by atoms with Gasteiger partial charge in [0.05, 0.1) is 6.20 Å². The van der Waals surface area contributed by atoms with Gasteiger partial charge in [-0.1, -0.05) is 0 Å². The van der Waals surface area contributed by atoms with Crippen molar-refractivity contribution in [2.75, 3.05) is 29.5 Å². The Morgan fingerprint density at radius 1 is 1.35 bits per heavy atom. The normalized spacial score (nSPS) is 17.1. The van der Waals surface area contributed by atoms with Gasteiger partial charge in [0.1, 0.15) is 11.6 Å². The molecule has 1 aromatic heterocycles. The van der Waals surface area contributed by atoms with E-state index in [0.717, 1.165) is 36.6 Å². The molecule has 1 aromatic rings. The number of thioether (sulfide) groups is 1. The van der Waals surface area contributed by atoms with E-state index in [1.54, 1.807) is 6.07 Å². The second kappa shape index (κ2) is 6.76. The summed E-state index contributed by atoms with van der Waals surface area (Å²) in [6.07, 6.45) is 2.49. The van der Waals surface area contributed by atoms with Crippen molar-refractivity contribution < 1.29 is 4.39 Å². The zero-order chi connectivity index (χ0) is 14.6. The second-order valence-electron chi connectivity index (χ2n) is 6.19. The van der Waals surface area contributed by atoms with Crippen LogP contribution in [0.2, 0.25) is 0 Å². The van der Waals surface area contributed by atoms with Gasteiger partial charge in [-0.15, -0.1) is 0 Å². The summed E-state index contributed by atoms with van der Waals surface area (Å²) >= 11 is 1.98. The fourth-order valence-corrected chi connectivity index (χ4v) is 3.09. The summed E-state index contributed by atoms with van der Waals surface area (Å²) < 4.78 is 13.5. The van der Waals surface area contributed by atoms with Crippen molar-refractivity contribution in [3.05, 3.63) is 23.6 Å². The SMILES string of the molecule is CC(C)(C)NCc1cc(F)cnc1N1CCCSCC1. The van der Waals surface area contributed by atoms with Gasteiger partial charge in [-0.3, -0.25) is 0 Å². The summed E-state index contributed by atoms with van der Waals surface area (Å²) in [5, 5.41) is 3.42. The zero-order valence-electron chi connectivity index (χ0n) is 12.6. The molecule has 112 valence electrons. The number of rotatable bonds is 3. The van der Waals surface area contributed by atoms with E-state index in [4.69, 9.17) is 0 Å². The lowest BCUT2D eigenvalue weighted by Gasteiger charge is -2.26. The molecule has 2 rings (SSSR count). The van der Waals surface area contributed by atoms with E-state index in [1.165, 1.54) is 11.9 Å². The van der Waals surface area contributed by atoms with Crippen molar-refractivity contribution in [1.29, 1.82) is 0 Å². The Hall–Kier alpha value is -0.810. The van der Waals surface area contributed by atoms with Crippen molar-refractivity contribution in [2.45, 2.75) is 39.3 Å². The Bertz CT molecular complexity index is 437. The lowest BCUT2D eigenvalue weighted by atomic mass is 10.1. The number of pyridine rings is 1. The van der Waals surface area contributed by atoms with Crippen molar-refractivity contribution in [2.24, 2.45) is 0 Å². The van der Waals surface area contributed by atoms with Crippen LogP contribution in [0, 0.1) is 5.82 Å². The van der Waals surface area contributed by atoms with Crippen LogP contribution < -0.4 is 10.2 Å². The molecular formula is C15H24FN3S. The summed E-state index contributed by atoms with van der Waals surface area (Å²) in [4.78, 5) is 6.64. The van der Waals surface area contributed by atoms with E-state index in [-0.39, 0.29) is 11.4 Å². The Morgan fingerprint density at radius 3 is 2.90 bits per heavy atom. The van der Waals surface area contributed by atoms with Gasteiger partial charge in [-0.25, -0.2) is 9.37 Å². The summed E-state index contributed by atoms with van der Waals surface area (Å²) in [7, 11) is 0. The molecule has 20 heavy (non-hydrogen) atoms. The molecule has 3 nitrogen and oxygen atoms in total. The van der Waals surface area contributed by atoms with Gasteiger partial charge in [0.2, 0.25) is 0 Å². The fourth-order valence-electron chi connectivity index (χ4n) is 2.21. The van der Waals surface area contributed by atoms with Gasteiger partial charge in [0.15, 0.2) is 0 Å². The van der Waals surface area contributed by atoms with Crippen LogP contribution >= 0.6 is 11.8 Å². The van der Waals surface area contributed by atoms with Crippen molar-refractivity contribution in [1.82, 2.24) is 10.3 Å². The van der Waals surface area contributed by atoms with Crippen LogP contribution in [0.4, 0.5) is 10.2 Å². The molecule has 0 atom stereocenters. The molecule has 0 spiro atoms. The van der Waals surface area contributed by atoms with Crippen molar-refractivity contribution in [3.8, 4) is 0 Å². The van der Waals surface area contributed by atoms with Gasteiger partial charge in [0.25, 0.3) is 0 Å². The third-order valence-electron chi connectivity index (χ3n) is 3.24. The van der Waals surface area contributed by atoms with Crippen molar-refractivity contribution in [3.63, 3.8) is 0 Å². The number of halogens is 1. The van der Waals surface area contributed by atoms with Crippen LogP contribution in [0.1, 0.15) is 32.8 Å². The number of nitrogens with zero attached hydrogens (tertiary/aromatic N) is 2. The van der Waals surface area contributed by atoms with E-state index in [1.807, 2.05) is 11.8 Å². The predicted molar refractivity (Wildman–Crippen MR) is 84.9 cm³/mol. The van der Waals surface area contributed by atoms with Gasteiger partial charge in [-0.05, 0) is 39.0 Å². The highest BCUT2D eigenvalue weighted by Crippen LogP contribution is 2.22. The van der Waals surface area contributed by atoms with Crippen LogP contribution in [0.3, 0.4) is 0 Å². The molecule has 0 unspecified atom stereocenters. The first-order valence-electron chi connectivity index (χ1n) is 7.18. The number of anilines is 1. The minimum atomic E-state index is -0.261. The summed E-state index contributed by atoms with van der Waals surface area (Å²) in [6, 6.07) is 1.61. The standard InChI is InChI=1S/C15H24FN3S/c1-15(2,3)18-10-12-9-13(16)11-17-14(12)19-5-4-7-20-8-6-19/h9,11,18H,4-8,10H2,1-3H3. The van der Waals surface area contributed by atoms with Gasteiger partial charge < -0.3 is 10.2 Å². The van der Waals surface area contributed by atoms with Crippen LogP contribution in [0.15, 0.2) is 12.3 Å². The summed E-state index contributed by atoms with van der Waals surface area (Å²) in [5.74, 6) is 2.99. The number of aromatic nitrogens is 1. The topological polar surface area (TPSA) is 28.2 Å². The largest absolute Gasteiger partial charge is 0.355 e. The molecule has 0 amide bonds. The van der Waals surface area contributed by atoms with Crippen LogP contribution in [-0.2, 0) is 6.54 Å². The fraction of sp³-hybridized carbons (Fsp3) is 0.667. The Morgan fingerprint density at radius 2 is 2.15 bits per heavy atom. The average Bonchev–Trinajstić information content (AvgIpc) is 2.64. The molecule has 2 heterocycles. The predicted octanol–water partition coefficient (Wildman–Crippen LogP) is 3.05. The Balaban J connectivity index is 2.18. The van der Waals surface area contributed by atoms with E-state index < -0.39 is 0 Å². The third-order valence-corrected chi connectivity index (χ3v) is 4.29. The molecule has 0 bridgehead atoms. The molecule has 1 aliphatic rings. The lowest BCUT2D eigenvalue weighted by Crippen LogP contribution is -2.36. The third kappa shape index (κ3) is 4.63. The highest BCUT2D eigenvalue weighted by atomic mass is 32.2. The first-order chi connectivity index (χ1) is 9.46. The average molecular weight is 297 g/mol. The lowest BCUT2D eigenvalue weighted by molar-refractivity contribution is 0.423. The molecule has 1 saturated heterocycles. The molecule has 0 aromatic carbocycles. The van der Waals surface area contributed by atoms with Gasteiger partial charge >= 0.3 is 0 Å². The van der Waals surface area contributed by atoms with E-state index >= 15 is 0 Å². The minimum Gasteiger partial charge on any atom is -0.355 e. The summed E-state index contributed by atoms with van der Waals surface area (Å²) in [6.45, 7) is 8.99. The van der Waals surface area contributed by atoms with E-state index in [0.29, 0.717) is 6.54 Å². The molecule has 1 aliphatic heterocycles. The molecule has 0 saturated carbocycles. The Kier molecular flexibility index (Phi) is 5.27. The first kappa shape index (κ1) is 15.6. The maximum atomic E-state index is 13.5. The quantitative estimate of drug-likeness (QED) is 0.928. The van der Waals surface area contributed by atoms with Crippen LogP contribution in [0.25, 0.3) is 0 Å². The molecular weight excluding hydrogens is 273 g/mol. The molecule has 1 N–H and O–H groups in total. The van der Waals surface area contributed by atoms with Gasteiger partial charge in [0, 0.05) is 36.5 Å². The van der Waals surface area contributed by atoms with E-state index in [2.05, 4.69) is 36.0 Å². The highest BCUT2D eigenvalue weighted by Gasteiger charge is 2.17. The number of hydrogen-bond donors (Lipinski definition) is 1.